The molecule has 1 spiro atoms. The molecule has 33 heavy (non-hydrogen) atoms. The number of hydrogen-bond donors (Lipinski definition) is 0. The molecule has 1 atom stereocenters. The second-order valence-corrected chi connectivity index (χ2v) is 10.0. The van der Waals surface area contributed by atoms with E-state index in [1.54, 1.807) is 31.0 Å². The van der Waals surface area contributed by atoms with E-state index in [0.29, 0.717) is 21.3 Å². The Hall–Kier alpha value is -2.62. The number of hydrogen-bond acceptors (Lipinski definition) is 9. The van der Waals surface area contributed by atoms with E-state index in [1.165, 1.54) is 23.5 Å². The zero-order valence-corrected chi connectivity index (χ0v) is 20.7. The molecule has 0 N–H and O–H groups in total. The summed E-state index contributed by atoms with van der Waals surface area (Å²) in [5.41, 5.74) is 2.25. The molecular weight excluding hydrogens is 482 g/mol. The number of anilines is 2. The molecule has 7 nitrogen and oxygen atoms in total. The Balaban J connectivity index is 1.87. The van der Waals surface area contributed by atoms with Crippen molar-refractivity contribution < 1.29 is 19.1 Å². The molecule has 0 aliphatic carbocycles. The minimum Gasteiger partial charge on any atom is -0.462 e. The summed E-state index contributed by atoms with van der Waals surface area (Å²) in [4.78, 5) is 28.0. The molecule has 0 amide bonds. The number of carbonyl (C=O) groups excluding carboxylic acids is 2. The number of allylic oxidation sites excluding steroid dienone is 1. The fourth-order valence-corrected chi connectivity index (χ4v) is 6.59. The van der Waals surface area contributed by atoms with Crippen molar-refractivity contribution in [3.63, 3.8) is 0 Å². The third kappa shape index (κ3) is 4.32. The maximum atomic E-state index is 12.9. The average molecular weight is 504 g/mol. The van der Waals surface area contributed by atoms with Crippen LogP contribution in [0.25, 0.3) is 0 Å². The van der Waals surface area contributed by atoms with Crippen LogP contribution in [0.15, 0.2) is 70.3 Å². The highest BCUT2D eigenvalue weighted by Crippen LogP contribution is 2.60. The van der Waals surface area contributed by atoms with Gasteiger partial charge in [-0.3, -0.25) is 0 Å². The second kappa shape index (κ2) is 9.70. The molecule has 2 aromatic carbocycles. The van der Waals surface area contributed by atoms with Crippen LogP contribution in [-0.4, -0.2) is 34.5 Å². The topological polar surface area (TPSA) is 71.4 Å². The van der Waals surface area contributed by atoms with E-state index in [0.717, 1.165) is 5.69 Å². The summed E-state index contributed by atoms with van der Waals surface area (Å²) in [6, 6.07) is 16.8. The summed E-state index contributed by atoms with van der Waals surface area (Å²) in [7, 11) is 0. The van der Waals surface area contributed by atoms with Crippen molar-refractivity contribution in [2.45, 2.75) is 25.1 Å². The number of halogens is 1. The van der Waals surface area contributed by atoms with Crippen LogP contribution in [0.2, 0.25) is 5.02 Å². The lowest BCUT2D eigenvalue weighted by atomic mass is 10.2. The maximum absolute atomic E-state index is 12.9. The lowest BCUT2D eigenvalue weighted by Gasteiger charge is -2.41. The van der Waals surface area contributed by atoms with E-state index in [-0.39, 0.29) is 18.3 Å². The van der Waals surface area contributed by atoms with Gasteiger partial charge in [0.15, 0.2) is 0 Å². The molecular formula is C23H22ClN3O4S2. The highest BCUT2D eigenvalue weighted by atomic mass is 35.5. The fourth-order valence-electron chi connectivity index (χ4n) is 3.51. The first-order valence-corrected chi connectivity index (χ1v) is 12.3. The van der Waals surface area contributed by atoms with E-state index in [9.17, 15) is 9.59 Å². The Labute approximate surface area is 205 Å². The standard InChI is InChI=1S/C23H22ClN3O4S2/c1-4-30-21(28)19-15(3)26(17-9-7-6-8-10-17)23(32-19)27(18-13-11-16(24)12-14-18)25-20(33-23)22(29)31-5-2/h6-14H,4-5H2,1-3H3/t23-/m0/s1. The summed E-state index contributed by atoms with van der Waals surface area (Å²) < 4.78 is 9.55. The van der Waals surface area contributed by atoms with Crippen molar-refractivity contribution in [1.82, 2.24) is 0 Å². The van der Waals surface area contributed by atoms with Gasteiger partial charge in [-0.1, -0.05) is 41.6 Å². The van der Waals surface area contributed by atoms with Gasteiger partial charge in [0.2, 0.25) is 9.37 Å². The van der Waals surface area contributed by atoms with Gasteiger partial charge in [0.25, 0.3) is 0 Å². The molecule has 2 aliphatic rings. The number of ether oxygens (including phenoxy) is 2. The van der Waals surface area contributed by atoms with E-state index < -0.39 is 16.3 Å². The first-order chi connectivity index (χ1) is 15.9. The van der Waals surface area contributed by atoms with Crippen LogP contribution < -0.4 is 9.91 Å². The molecule has 2 aromatic rings. The Morgan fingerprint density at radius 2 is 1.58 bits per heavy atom. The van der Waals surface area contributed by atoms with Crippen molar-refractivity contribution in [3.05, 3.63) is 70.2 Å². The molecule has 172 valence electrons. The quantitative estimate of drug-likeness (QED) is 0.483. The number of hydrazone groups is 1. The van der Waals surface area contributed by atoms with Gasteiger partial charge >= 0.3 is 11.9 Å². The lowest BCUT2D eigenvalue weighted by molar-refractivity contribution is -0.137. The largest absolute Gasteiger partial charge is 0.462 e. The minimum atomic E-state index is -1.02. The van der Waals surface area contributed by atoms with Gasteiger partial charge in [-0.25, -0.2) is 14.6 Å². The van der Waals surface area contributed by atoms with Crippen LogP contribution in [0, 0.1) is 0 Å². The summed E-state index contributed by atoms with van der Waals surface area (Å²) in [5, 5.41) is 7.15. The third-order valence-corrected chi connectivity index (χ3v) is 7.97. The predicted octanol–water partition coefficient (Wildman–Crippen LogP) is 5.43. The Kier molecular flexibility index (Phi) is 6.92. The van der Waals surface area contributed by atoms with Crippen molar-refractivity contribution in [2.24, 2.45) is 5.10 Å². The van der Waals surface area contributed by atoms with Gasteiger partial charge in [0.05, 0.1) is 18.9 Å². The van der Waals surface area contributed by atoms with E-state index in [2.05, 4.69) is 5.10 Å². The Morgan fingerprint density at radius 1 is 0.939 bits per heavy atom. The zero-order valence-electron chi connectivity index (χ0n) is 18.3. The molecule has 0 unspecified atom stereocenters. The average Bonchev–Trinajstić information content (AvgIpc) is 3.33. The number of esters is 2. The van der Waals surface area contributed by atoms with Crippen LogP contribution in [0.3, 0.4) is 0 Å². The molecule has 0 saturated carbocycles. The molecule has 0 aromatic heterocycles. The summed E-state index contributed by atoms with van der Waals surface area (Å²) in [6.07, 6.45) is 0. The fraction of sp³-hybridized carbons (Fsp3) is 0.261. The normalized spacial score (nSPS) is 19.8. The number of benzene rings is 2. The number of carbonyl (C=O) groups is 2. The van der Waals surface area contributed by atoms with Crippen molar-refractivity contribution in [3.8, 4) is 0 Å². The SMILES string of the molecule is CCOC(=O)C1=NN(c2ccc(Cl)cc2)[C@]2(S1)SC(C(=O)OCC)=C(C)N2c1ccccc1. The highest BCUT2D eigenvalue weighted by molar-refractivity contribution is 8.29. The second-order valence-electron chi connectivity index (χ2n) is 6.97. The highest BCUT2D eigenvalue weighted by Gasteiger charge is 2.58. The first kappa shape index (κ1) is 23.5. The Morgan fingerprint density at radius 3 is 2.21 bits per heavy atom. The van der Waals surface area contributed by atoms with Crippen LogP contribution in [0.4, 0.5) is 11.4 Å². The van der Waals surface area contributed by atoms with Gasteiger partial charge in [0.1, 0.15) is 4.91 Å². The van der Waals surface area contributed by atoms with E-state index in [4.69, 9.17) is 21.1 Å². The molecule has 0 bridgehead atoms. The van der Waals surface area contributed by atoms with Gasteiger partial charge < -0.3 is 14.4 Å². The van der Waals surface area contributed by atoms with Gasteiger partial charge in [-0.15, -0.1) is 0 Å². The molecule has 0 fully saturated rings. The summed E-state index contributed by atoms with van der Waals surface area (Å²) in [6.45, 7) is 5.87. The molecule has 2 aliphatic heterocycles. The predicted molar refractivity (Wildman–Crippen MR) is 134 cm³/mol. The van der Waals surface area contributed by atoms with Crippen LogP contribution in [0.5, 0.6) is 0 Å². The maximum Gasteiger partial charge on any atom is 0.365 e. The Bertz CT molecular complexity index is 1120. The molecule has 10 heteroatoms. The zero-order chi connectivity index (χ0) is 23.6. The van der Waals surface area contributed by atoms with E-state index >= 15 is 0 Å². The van der Waals surface area contributed by atoms with E-state index in [1.807, 2.05) is 54.3 Å². The van der Waals surface area contributed by atoms with Crippen molar-refractivity contribution >= 4 is 63.5 Å². The van der Waals surface area contributed by atoms with Crippen molar-refractivity contribution in [2.75, 3.05) is 23.1 Å². The first-order valence-electron chi connectivity index (χ1n) is 10.3. The van der Waals surface area contributed by atoms with Gasteiger partial charge in [-0.2, -0.15) is 5.10 Å². The molecule has 2 heterocycles. The van der Waals surface area contributed by atoms with Crippen LogP contribution >= 0.6 is 35.1 Å². The van der Waals surface area contributed by atoms with Crippen molar-refractivity contribution in [1.29, 1.82) is 0 Å². The monoisotopic (exact) mass is 503 g/mol. The molecule has 4 rings (SSSR count). The summed E-state index contributed by atoms with van der Waals surface area (Å²) in [5.74, 6) is -0.937. The number of para-hydroxylation sites is 1. The number of thioether (sulfide) groups is 2. The smallest absolute Gasteiger partial charge is 0.365 e. The molecule has 0 radical (unpaired) electrons. The van der Waals surface area contributed by atoms with Gasteiger partial charge in [-0.05, 0) is 68.9 Å². The minimum absolute atomic E-state index is 0.193. The number of rotatable bonds is 6. The number of nitrogens with zero attached hydrogens (tertiary/aromatic N) is 3. The lowest BCUT2D eigenvalue weighted by Crippen LogP contribution is -2.49. The van der Waals surface area contributed by atoms with Crippen LogP contribution in [-0.2, 0) is 19.1 Å². The van der Waals surface area contributed by atoms with Gasteiger partial charge in [0, 0.05) is 16.4 Å². The summed E-state index contributed by atoms with van der Waals surface area (Å²) >= 11 is 8.64. The third-order valence-electron chi connectivity index (χ3n) is 4.87. The molecule has 0 saturated heterocycles. The van der Waals surface area contributed by atoms with Crippen LogP contribution in [0.1, 0.15) is 20.8 Å².